The highest BCUT2D eigenvalue weighted by Crippen LogP contribution is 2.33. The summed E-state index contributed by atoms with van der Waals surface area (Å²) in [5.74, 6) is 2.12. The molecule has 0 unspecified atom stereocenters. The number of nitrogens with zero attached hydrogens (tertiary/aromatic N) is 3. The second-order valence-electron chi connectivity index (χ2n) is 9.50. The number of anilines is 2. The topological polar surface area (TPSA) is 86.5 Å². The van der Waals surface area contributed by atoms with Gasteiger partial charge in [0.05, 0.1) is 41.5 Å². The number of ether oxygens (including phenoxy) is 2. The Morgan fingerprint density at radius 2 is 2.05 bits per heavy atom. The zero-order chi connectivity index (χ0) is 26.4. The van der Waals surface area contributed by atoms with E-state index < -0.39 is 0 Å². The lowest BCUT2D eigenvalue weighted by Gasteiger charge is -2.23. The van der Waals surface area contributed by atoms with Crippen molar-refractivity contribution in [3.63, 3.8) is 0 Å². The van der Waals surface area contributed by atoms with E-state index in [-0.39, 0.29) is 0 Å². The quantitative estimate of drug-likeness (QED) is 0.349. The molecule has 2 aromatic rings. The number of hydrogen-bond acceptors (Lipinski definition) is 7. The molecule has 0 amide bonds. The summed E-state index contributed by atoms with van der Waals surface area (Å²) in [6, 6.07) is 10.6. The van der Waals surface area contributed by atoms with Crippen LogP contribution in [0.5, 0.6) is 5.75 Å². The number of fused-ring (bicyclic) bond motifs is 1. The summed E-state index contributed by atoms with van der Waals surface area (Å²) >= 11 is 0. The molecule has 2 aliphatic rings. The fourth-order valence-corrected chi connectivity index (χ4v) is 4.09. The van der Waals surface area contributed by atoms with Crippen LogP contribution in [0, 0.1) is 18.3 Å². The molecule has 37 heavy (non-hydrogen) atoms. The molecule has 0 bridgehead atoms. The van der Waals surface area contributed by atoms with Gasteiger partial charge in [0.25, 0.3) is 0 Å². The second kappa shape index (κ2) is 11.8. The number of nitriles is 1. The van der Waals surface area contributed by atoms with E-state index in [9.17, 15) is 5.26 Å². The zero-order valence-corrected chi connectivity index (χ0v) is 22.1. The maximum absolute atomic E-state index is 9.83. The van der Waals surface area contributed by atoms with Crippen LogP contribution in [0.4, 0.5) is 11.4 Å². The van der Waals surface area contributed by atoms with Crippen LogP contribution >= 0.6 is 0 Å². The fourth-order valence-electron chi connectivity index (χ4n) is 4.09. The Balaban J connectivity index is 1.46. The first kappa shape index (κ1) is 26.0. The van der Waals surface area contributed by atoms with Gasteiger partial charge in [0.15, 0.2) is 5.88 Å². The highest BCUT2D eigenvalue weighted by Gasteiger charge is 2.24. The smallest absolute Gasteiger partial charge is 0.183 e. The molecule has 2 heterocycles. The summed E-state index contributed by atoms with van der Waals surface area (Å²) in [6.45, 7) is 12.1. The van der Waals surface area contributed by atoms with Gasteiger partial charge in [-0.15, -0.1) is 0 Å². The predicted octanol–water partition coefficient (Wildman–Crippen LogP) is 5.55. The van der Waals surface area contributed by atoms with Crippen molar-refractivity contribution in [1.29, 1.82) is 5.26 Å². The van der Waals surface area contributed by atoms with Gasteiger partial charge in [-0.25, -0.2) is 0 Å². The van der Waals surface area contributed by atoms with Crippen molar-refractivity contribution < 1.29 is 9.47 Å². The van der Waals surface area contributed by atoms with E-state index in [2.05, 4.69) is 66.7 Å². The van der Waals surface area contributed by atoms with Crippen molar-refractivity contribution in [3.8, 4) is 11.8 Å². The molecule has 0 radical (unpaired) electrons. The Bertz CT molecular complexity index is 1260. The van der Waals surface area contributed by atoms with Crippen molar-refractivity contribution in [2.75, 3.05) is 42.8 Å². The average molecular weight is 501 g/mol. The average Bonchev–Trinajstić information content (AvgIpc) is 3.21. The van der Waals surface area contributed by atoms with Crippen LogP contribution < -0.4 is 20.8 Å². The normalized spacial score (nSPS) is 14.6. The van der Waals surface area contributed by atoms with Crippen molar-refractivity contribution in [2.45, 2.75) is 39.7 Å². The third-order valence-corrected chi connectivity index (χ3v) is 6.55. The Morgan fingerprint density at radius 1 is 1.27 bits per heavy atom. The van der Waals surface area contributed by atoms with Crippen molar-refractivity contribution in [3.05, 3.63) is 83.7 Å². The molecular formula is C29H36N6O2. The summed E-state index contributed by atoms with van der Waals surface area (Å²) < 4.78 is 13.7. The molecular weight excluding hydrogens is 464 g/mol. The van der Waals surface area contributed by atoms with E-state index >= 15 is 0 Å². The van der Waals surface area contributed by atoms with Gasteiger partial charge in [-0.2, -0.15) is 5.26 Å². The molecule has 1 aliphatic heterocycles. The zero-order valence-electron chi connectivity index (χ0n) is 22.1. The molecule has 3 N–H and O–H groups in total. The minimum Gasteiger partial charge on any atom is -0.478 e. The van der Waals surface area contributed by atoms with Crippen LogP contribution in [0.15, 0.2) is 72.5 Å². The van der Waals surface area contributed by atoms with Crippen LogP contribution in [0.3, 0.4) is 0 Å². The van der Waals surface area contributed by atoms with Gasteiger partial charge in [0.2, 0.25) is 0 Å². The van der Waals surface area contributed by atoms with Crippen molar-refractivity contribution >= 4 is 17.1 Å². The molecule has 0 spiro atoms. The summed E-state index contributed by atoms with van der Waals surface area (Å²) in [7, 11) is 2.07. The van der Waals surface area contributed by atoms with E-state index in [1.165, 1.54) is 0 Å². The molecule has 8 nitrogen and oxygen atoms in total. The molecule has 0 saturated carbocycles. The van der Waals surface area contributed by atoms with Crippen LogP contribution in [0.1, 0.15) is 37.9 Å². The summed E-state index contributed by atoms with van der Waals surface area (Å²) in [5.41, 5.74) is 8.27. The van der Waals surface area contributed by atoms with Crippen molar-refractivity contribution in [1.82, 2.24) is 9.58 Å². The maximum Gasteiger partial charge on any atom is 0.183 e. The molecule has 1 aromatic carbocycles. The standard InChI is InChI=1S/C29H36N6O2/c1-20(2)34(5)15-16-36-22(4)32-27-19-35-29(21(27)3)28(23(17-30)18-31-35)33-24-11-13-26(14-12-24)37-25-9-7-6-8-10-25/h7,9-14,19-20,31-33H,4,6,8,15-16,18H2,1-3,5H3. The van der Waals surface area contributed by atoms with Crippen molar-refractivity contribution in [2.24, 2.45) is 0 Å². The van der Waals surface area contributed by atoms with Gasteiger partial charge >= 0.3 is 0 Å². The molecule has 0 fully saturated rings. The minimum absolute atomic E-state index is 0.417. The van der Waals surface area contributed by atoms with Gasteiger partial charge in [-0.3, -0.25) is 4.68 Å². The number of aromatic nitrogens is 1. The Morgan fingerprint density at radius 3 is 2.73 bits per heavy atom. The van der Waals surface area contributed by atoms with E-state index in [0.29, 0.717) is 30.6 Å². The van der Waals surface area contributed by atoms with E-state index in [1.54, 1.807) is 0 Å². The summed E-state index contributed by atoms with van der Waals surface area (Å²) in [5, 5.41) is 16.6. The van der Waals surface area contributed by atoms with Crippen LogP contribution in [-0.4, -0.2) is 42.4 Å². The molecule has 1 aliphatic carbocycles. The summed E-state index contributed by atoms with van der Waals surface area (Å²) in [4.78, 5) is 2.22. The number of benzene rings is 1. The lowest BCUT2D eigenvalue weighted by Crippen LogP contribution is -2.30. The second-order valence-corrected chi connectivity index (χ2v) is 9.50. The summed E-state index contributed by atoms with van der Waals surface area (Å²) in [6.07, 6.45) is 10.2. The van der Waals surface area contributed by atoms with Crippen LogP contribution in [0.2, 0.25) is 0 Å². The van der Waals surface area contributed by atoms with E-state index in [0.717, 1.165) is 59.2 Å². The van der Waals surface area contributed by atoms with E-state index in [4.69, 9.17) is 9.47 Å². The number of rotatable bonds is 11. The molecule has 0 saturated heterocycles. The number of likely N-dealkylation sites (N-methyl/N-ethyl adjacent to an activating group) is 1. The lowest BCUT2D eigenvalue weighted by atomic mass is 10.1. The maximum atomic E-state index is 9.83. The Hall–Kier alpha value is -4.09. The molecule has 0 atom stereocenters. The first-order valence-corrected chi connectivity index (χ1v) is 12.7. The Labute approximate surface area is 219 Å². The SMILES string of the molecule is C=C(Nc1cn2c(c1C)C(Nc1ccc(OC3=CCCC=C3)cc1)=C(C#N)CN2)OCCN(C)C(C)C. The number of allylic oxidation sites excluding steroid dienone is 3. The predicted molar refractivity (Wildman–Crippen MR) is 150 cm³/mol. The van der Waals surface area contributed by atoms with Gasteiger partial charge in [-0.05, 0) is 83.7 Å². The first-order valence-electron chi connectivity index (χ1n) is 12.7. The van der Waals surface area contributed by atoms with Crippen LogP contribution in [-0.2, 0) is 4.74 Å². The third-order valence-electron chi connectivity index (χ3n) is 6.55. The largest absolute Gasteiger partial charge is 0.478 e. The first-order chi connectivity index (χ1) is 17.9. The minimum atomic E-state index is 0.417. The molecule has 8 heteroatoms. The fraction of sp³-hybridized carbons (Fsp3) is 0.345. The Kier molecular flexibility index (Phi) is 8.26. The molecule has 4 rings (SSSR count). The van der Waals surface area contributed by atoms with Gasteiger partial charge < -0.3 is 30.4 Å². The van der Waals surface area contributed by atoms with E-state index in [1.807, 2.05) is 48.1 Å². The van der Waals surface area contributed by atoms with Crippen LogP contribution in [0.25, 0.3) is 5.70 Å². The highest BCUT2D eigenvalue weighted by atomic mass is 16.5. The number of nitrogens with one attached hydrogen (secondary N) is 3. The monoisotopic (exact) mass is 500 g/mol. The molecule has 1 aromatic heterocycles. The number of hydrogen-bond donors (Lipinski definition) is 3. The molecule has 194 valence electrons. The highest BCUT2D eigenvalue weighted by molar-refractivity contribution is 5.85. The van der Waals surface area contributed by atoms with Gasteiger partial charge in [0, 0.05) is 23.8 Å². The third kappa shape index (κ3) is 6.38. The van der Waals surface area contributed by atoms with Gasteiger partial charge in [-0.1, -0.05) is 6.08 Å². The van der Waals surface area contributed by atoms with Gasteiger partial charge in [0.1, 0.15) is 18.1 Å². The lowest BCUT2D eigenvalue weighted by molar-refractivity contribution is 0.160.